The molecule has 0 spiro atoms. The van der Waals surface area contributed by atoms with Gasteiger partial charge in [-0.15, -0.1) is 0 Å². The Bertz CT molecular complexity index is 752. The minimum Gasteiger partial charge on any atom is -0.478 e. The number of aryl methyl sites for hydroxylation is 2. The summed E-state index contributed by atoms with van der Waals surface area (Å²) in [4.78, 5) is 23.1. The first-order valence-corrected chi connectivity index (χ1v) is 7.86. The Morgan fingerprint density at radius 1 is 1.00 bits per heavy atom. The van der Waals surface area contributed by atoms with Crippen LogP contribution in [0.3, 0.4) is 0 Å². The Morgan fingerprint density at radius 3 is 2.65 bits per heavy atom. The van der Waals surface area contributed by atoms with Gasteiger partial charge in [-0.25, -0.2) is 4.79 Å². The molecule has 4 nitrogen and oxygen atoms in total. The van der Waals surface area contributed by atoms with E-state index in [2.05, 4.69) is 5.32 Å². The van der Waals surface area contributed by atoms with E-state index in [-0.39, 0.29) is 11.5 Å². The summed E-state index contributed by atoms with van der Waals surface area (Å²) in [5.41, 5.74) is 4.51. The number of rotatable bonds is 5. The largest absolute Gasteiger partial charge is 0.478 e. The van der Waals surface area contributed by atoms with E-state index in [1.807, 2.05) is 24.3 Å². The maximum Gasteiger partial charge on any atom is 0.335 e. The van der Waals surface area contributed by atoms with Crippen molar-refractivity contribution in [1.82, 2.24) is 5.32 Å². The standard InChI is InChI=1S/C19H19NO3/c21-18(16-8-7-14-4-2-5-15(14)12-16)20-10-9-13-3-1-6-17(11-13)19(22)23/h1,3,6-8,11-12H,2,4-5,9-10H2,(H,20,21)(H,22,23). The summed E-state index contributed by atoms with van der Waals surface area (Å²) in [6.07, 6.45) is 3.94. The van der Waals surface area contributed by atoms with Crippen molar-refractivity contribution >= 4 is 11.9 Å². The molecule has 0 fully saturated rings. The first-order valence-electron chi connectivity index (χ1n) is 7.86. The van der Waals surface area contributed by atoms with Crippen molar-refractivity contribution in [3.8, 4) is 0 Å². The molecule has 2 aromatic carbocycles. The molecule has 1 aliphatic rings. The lowest BCUT2D eigenvalue weighted by Crippen LogP contribution is -2.25. The number of amides is 1. The van der Waals surface area contributed by atoms with Crippen molar-refractivity contribution < 1.29 is 14.7 Å². The first-order chi connectivity index (χ1) is 11.1. The molecule has 23 heavy (non-hydrogen) atoms. The molecular weight excluding hydrogens is 290 g/mol. The molecule has 1 aliphatic carbocycles. The topological polar surface area (TPSA) is 66.4 Å². The van der Waals surface area contributed by atoms with Crippen LogP contribution in [0.25, 0.3) is 0 Å². The molecule has 0 unspecified atom stereocenters. The van der Waals surface area contributed by atoms with Gasteiger partial charge >= 0.3 is 5.97 Å². The van der Waals surface area contributed by atoms with E-state index in [1.54, 1.807) is 18.2 Å². The number of carbonyl (C=O) groups is 2. The third-order valence-corrected chi connectivity index (χ3v) is 4.23. The van der Waals surface area contributed by atoms with Gasteiger partial charge in [0.25, 0.3) is 5.91 Å². The summed E-state index contributed by atoms with van der Waals surface area (Å²) >= 11 is 0. The Morgan fingerprint density at radius 2 is 1.83 bits per heavy atom. The molecule has 3 rings (SSSR count). The van der Waals surface area contributed by atoms with E-state index in [9.17, 15) is 9.59 Å². The third-order valence-electron chi connectivity index (χ3n) is 4.23. The molecule has 0 aromatic heterocycles. The quantitative estimate of drug-likeness (QED) is 0.892. The minimum absolute atomic E-state index is 0.0749. The van der Waals surface area contributed by atoms with Gasteiger partial charge in [-0.2, -0.15) is 0 Å². The van der Waals surface area contributed by atoms with Crippen LogP contribution in [-0.2, 0) is 19.3 Å². The highest BCUT2D eigenvalue weighted by Gasteiger charge is 2.13. The fraction of sp³-hybridized carbons (Fsp3) is 0.263. The van der Waals surface area contributed by atoms with Crippen LogP contribution in [0.1, 0.15) is 43.8 Å². The van der Waals surface area contributed by atoms with Crippen LogP contribution in [0.2, 0.25) is 0 Å². The Kier molecular flexibility index (Phi) is 4.42. The van der Waals surface area contributed by atoms with Crippen molar-refractivity contribution in [2.75, 3.05) is 6.54 Å². The predicted octanol–water partition coefficient (Wildman–Crippen LogP) is 2.85. The lowest BCUT2D eigenvalue weighted by molar-refractivity contribution is 0.0696. The van der Waals surface area contributed by atoms with Gasteiger partial charge in [0.15, 0.2) is 0 Å². The predicted molar refractivity (Wildman–Crippen MR) is 87.9 cm³/mol. The van der Waals surface area contributed by atoms with Crippen molar-refractivity contribution in [2.45, 2.75) is 25.7 Å². The molecule has 0 atom stereocenters. The third kappa shape index (κ3) is 3.59. The highest BCUT2D eigenvalue weighted by atomic mass is 16.4. The summed E-state index contributed by atoms with van der Waals surface area (Å²) in [6, 6.07) is 12.7. The summed E-state index contributed by atoms with van der Waals surface area (Å²) in [5, 5.41) is 11.9. The van der Waals surface area contributed by atoms with E-state index in [0.717, 1.165) is 18.4 Å². The normalized spacial score (nSPS) is 12.7. The maximum absolute atomic E-state index is 12.2. The lowest BCUT2D eigenvalue weighted by atomic mass is 10.1. The molecule has 2 aromatic rings. The minimum atomic E-state index is -0.936. The fourth-order valence-electron chi connectivity index (χ4n) is 3.00. The Balaban J connectivity index is 1.57. The lowest BCUT2D eigenvalue weighted by Gasteiger charge is -2.08. The molecular formula is C19H19NO3. The number of carboxylic acid groups (broad SMARTS) is 1. The highest BCUT2D eigenvalue weighted by molar-refractivity contribution is 5.94. The summed E-state index contributed by atoms with van der Waals surface area (Å²) < 4.78 is 0. The van der Waals surface area contributed by atoms with E-state index in [4.69, 9.17) is 5.11 Å². The number of hydrogen-bond acceptors (Lipinski definition) is 2. The molecule has 4 heteroatoms. The van der Waals surface area contributed by atoms with E-state index < -0.39 is 5.97 Å². The molecule has 0 bridgehead atoms. The molecule has 0 radical (unpaired) electrons. The number of carboxylic acids is 1. The molecule has 118 valence electrons. The van der Waals surface area contributed by atoms with Gasteiger partial charge < -0.3 is 10.4 Å². The second kappa shape index (κ2) is 6.65. The van der Waals surface area contributed by atoms with Gasteiger partial charge in [0.05, 0.1) is 5.56 Å². The molecule has 1 amide bonds. The zero-order chi connectivity index (χ0) is 16.2. The maximum atomic E-state index is 12.2. The number of hydrogen-bond donors (Lipinski definition) is 2. The molecule has 0 saturated carbocycles. The van der Waals surface area contributed by atoms with Crippen molar-refractivity contribution in [3.63, 3.8) is 0 Å². The van der Waals surface area contributed by atoms with Crippen LogP contribution in [0.5, 0.6) is 0 Å². The van der Waals surface area contributed by atoms with Crippen molar-refractivity contribution in [3.05, 3.63) is 70.3 Å². The summed E-state index contributed by atoms with van der Waals surface area (Å²) in [6.45, 7) is 0.485. The SMILES string of the molecule is O=C(O)c1cccc(CCNC(=O)c2ccc3c(c2)CCC3)c1. The van der Waals surface area contributed by atoms with Crippen molar-refractivity contribution in [1.29, 1.82) is 0 Å². The summed E-state index contributed by atoms with van der Waals surface area (Å²) in [7, 11) is 0. The van der Waals surface area contributed by atoms with Crippen molar-refractivity contribution in [2.24, 2.45) is 0 Å². The molecule has 0 saturated heterocycles. The van der Waals surface area contributed by atoms with Crippen LogP contribution < -0.4 is 5.32 Å². The number of carbonyl (C=O) groups excluding carboxylic acids is 1. The second-order valence-corrected chi connectivity index (χ2v) is 5.85. The van der Waals surface area contributed by atoms with Gasteiger partial charge in [-0.05, 0) is 66.6 Å². The number of benzene rings is 2. The van der Waals surface area contributed by atoms with Gasteiger partial charge in [-0.3, -0.25) is 4.79 Å². The number of aromatic carboxylic acids is 1. The smallest absolute Gasteiger partial charge is 0.335 e. The van der Waals surface area contributed by atoms with E-state index in [1.165, 1.54) is 17.5 Å². The highest BCUT2D eigenvalue weighted by Crippen LogP contribution is 2.22. The fourth-order valence-corrected chi connectivity index (χ4v) is 3.00. The van der Waals surface area contributed by atoms with Gasteiger partial charge in [0.1, 0.15) is 0 Å². The van der Waals surface area contributed by atoms with Crippen LogP contribution in [0.15, 0.2) is 42.5 Å². The number of fused-ring (bicyclic) bond motifs is 1. The van der Waals surface area contributed by atoms with E-state index in [0.29, 0.717) is 18.5 Å². The molecule has 0 aliphatic heterocycles. The van der Waals surface area contributed by atoms with Crippen LogP contribution in [0, 0.1) is 0 Å². The van der Waals surface area contributed by atoms with Gasteiger partial charge in [0.2, 0.25) is 0 Å². The van der Waals surface area contributed by atoms with Gasteiger partial charge in [0, 0.05) is 12.1 Å². The monoisotopic (exact) mass is 309 g/mol. The number of nitrogens with one attached hydrogen (secondary N) is 1. The summed E-state index contributed by atoms with van der Waals surface area (Å²) in [5.74, 6) is -1.01. The zero-order valence-corrected chi connectivity index (χ0v) is 12.8. The van der Waals surface area contributed by atoms with Crippen LogP contribution >= 0.6 is 0 Å². The molecule has 2 N–H and O–H groups in total. The second-order valence-electron chi connectivity index (χ2n) is 5.85. The first kappa shape index (κ1) is 15.3. The average molecular weight is 309 g/mol. The van der Waals surface area contributed by atoms with Gasteiger partial charge in [-0.1, -0.05) is 18.2 Å². The van der Waals surface area contributed by atoms with E-state index >= 15 is 0 Å². The Hall–Kier alpha value is -2.62. The molecule has 0 heterocycles. The average Bonchev–Trinajstić information content (AvgIpc) is 3.02. The zero-order valence-electron chi connectivity index (χ0n) is 12.8. The Labute approximate surface area is 135 Å². The van der Waals surface area contributed by atoms with Crippen LogP contribution in [0.4, 0.5) is 0 Å². The van der Waals surface area contributed by atoms with Crippen LogP contribution in [-0.4, -0.2) is 23.5 Å².